The van der Waals surface area contributed by atoms with Gasteiger partial charge < -0.3 is 4.90 Å². The Morgan fingerprint density at radius 3 is 1.36 bits per heavy atom. The molecule has 9 aromatic carbocycles. The van der Waals surface area contributed by atoms with Gasteiger partial charge in [-0.25, -0.2) is 0 Å². The first-order valence-electron chi connectivity index (χ1n) is 19.3. The molecule has 1 heteroatoms. The number of hydrogen-bond acceptors (Lipinski definition) is 1. The Hall–Kier alpha value is -6.96. The van der Waals surface area contributed by atoms with Gasteiger partial charge in [0.05, 0.1) is 11.4 Å². The van der Waals surface area contributed by atoms with E-state index in [0.29, 0.717) is 0 Å². The van der Waals surface area contributed by atoms with E-state index in [2.05, 4.69) is 205 Å². The van der Waals surface area contributed by atoms with E-state index in [9.17, 15) is 0 Å². The van der Waals surface area contributed by atoms with Crippen LogP contribution in [0, 0.1) is 0 Å². The third-order valence-electron chi connectivity index (χ3n) is 11.6. The minimum absolute atomic E-state index is 1.01. The van der Waals surface area contributed by atoms with Gasteiger partial charge in [0.1, 0.15) is 0 Å². The first-order chi connectivity index (χ1) is 27.2. The van der Waals surface area contributed by atoms with E-state index in [-0.39, 0.29) is 0 Å². The summed E-state index contributed by atoms with van der Waals surface area (Å²) in [6.45, 7) is 0. The van der Waals surface area contributed by atoms with Gasteiger partial charge in [-0.1, -0.05) is 164 Å². The van der Waals surface area contributed by atoms with Crippen molar-refractivity contribution in [3.8, 4) is 55.6 Å². The molecule has 0 saturated heterocycles. The second-order valence-electron chi connectivity index (χ2n) is 14.9. The Balaban J connectivity index is 1.00. The summed E-state index contributed by atoms with van der Waals surface area (Å²) in [5.41, 5.74) is 18.8. The number of allylic oxidation sites excluding steroid dienone is 1. The average molecular weight is 700 g/mol. The van der Waals surface area contributed by atoms with Gasteiger partial charge in [-0.3, -0.25) is 0 Å². The fraction of sp³-hybridized carbons (Fsp3) is 0.0370. The molecular weight excluding hydrogens is 663 g/mol. The maximum absolute atomic E-state index is 2.50. The maximum atomic E-state index is 2.50. The minimum Gasteiger partial charge on any atom is -0.309 e. The van der Waals surface area contributed by atoms with E-state index in [1.165, 1.54) is 105 Å². The molecule has 0 saturated carbocycles. The molecule has 0 bridgehead atoms. The molecule has 2 aliphatic rings. The first kappa shape index (κ1) is 31.6. The standard InChI is InChI=1S/C54H37N/c1-3-11-43-32-45(26-24-36(43)8-1)38-16-20-40(21-17-38)47-28-30-49-50(34-47)51-35-48(29-31-54(51)55-52-14-6-5-10-42(52)13-7-15-53(49)55)41-22-18-39(19-23-41)46-27-25-37-9-2-4-12-44(37)33-46/h1-6,8-12,14-35H,7,13H2. The zero-order valence-corrected chi connectivity index (χ0v) is 30.4. The summed E-state index contributed by atoms with van der Waals surface area (Å²) in [6, 6.07) is 71.8. The van der Waals surface area contributed by atoms with Gasteiger partial charge in [0.15, 0.2) is 0 Å². The van der Waals surface area contributed by atoms with Crippen molar-refractivity contribution >= 4 is 38.6 Å². The fourth-order valence-corrected chi connectivity index (χ4v) is 8.76. The molecule has 0 radical (unpaired) electrons. The molecule has 1 nitrogen and oxygen atoms in total. The normalized spacial score (nSPS) is 13.0. The van der Waals surface area contributed by atoms with Crippen molar-refractivity contribution in [1.82, 2.24) is 0 Å². The zero-order chi connectivity index (χ0) is 36.3. The molecule has 9 aromatic rings. The molecule has 0 atom stereocenters. The van der Waals surface area contributed by atoms with Crippen molar-refractivity contribution in [1.29, 1.82) is 0 Å². The highest BCUT2D eigenvalue weighted by atomic mass is 15.2. The topological polar surface area (TPSA) is 3.24 Å². The number of benzene rings is 9. The van der Waals surface area contributed by atoms with Crippen molar-refractivity contribution < 1.29 is 0 Å². The summed E-state index contributed by atoms with van der Waals surface area (Å²) in [4.78, 5) is 2.50. The average Bonchev–Trinajstić information content (AvgIpc) is 3.46. The number of anilines is 2. The largest absolute Gasteiger partial charge is 0.309 e. The predicted molar refractivity (Wildman–Crippen MR) is 234 cm³/mol. The van der Waals surface area contributed by atoms with Crippen molar-refractivity contribution in [2.45, 2.75) is 12.8 Å². The van der Waals surface area contributed by atoms with Gasteiger partial charge >= 0.3 is 0 Å². The number of para-hydroxylation sites is 1. The Labute approximate surface area is 322 Å². The molecule has 2 heterocycles. The van der Waals surface area contributed by atoms with Gasteiger partial charge in [-0.15, -0.1) is 0 Å². The number of aryl methyl sites for hydroxylation is 1. The Morgan fingerprint density at radius 1 is 0.309 bits per heavy atom. The molecule has 0 aliphatic carbocycles. The van der Waals surface area contributed by atoms with Gasteiger partial charge in [0, 0.05) is 16.8 Å². The molecule has 0 amide bonds. The van der Waals surface area contributed by atoms with Crippen LogP contribution in [0.1, 0.15) is 17.5 Å². The van der Waals surface area contributed by atoms with E-state index in [1.807, 2.05) is 0 Å². The lowest BCUT2D eigenvalue weighted by molar-refractivity contribution is 1.01. The van der Waals surface area contributed by atoms with E-state index in [4.69, 9.17) is 0 Å². The Kier molecular flexibility index (Phi) is 7.38. The van der Waals surface area contributed by atoms with E-state index in [1.54, 1.807) is 0 Å². The summed E-state index contributed by atoms with van der Waals surface area (Å²) in [5, 5.41) is 5.07. The summed E-state index contributed by atoms with van der Waals surface area (Å²) in [7, 11) is 0. The van der Waals surface area contributed by atoms with Crippen LogP contribution >= 0.6 is 0 Å². The molecule has 0 spiro atoms. The van der Waals surface area contributed by atoms with Crippen molar-refractivity contribution in [2.24, 2.45) is 0 Å². The van der Waals surface area contributed by atoms with E-state index in [0.717, 1.165) is 12.8 Å². The molecule has 258 valence electrons. The van der Waals surface area contributed by atoms with Crippen LogP contribution in [0.2, 0.25) is 0 Å². The molecule has 0 aromatic heterocycles. The lowest BCUT2D eigenvalue weighted by Crippen LogP contribution is -2.21. The third-order valence-corrected chi connectivity index (χ3v) is 11.6. The lowest BCUT2D eigenvalue weighted by Gasteiger charge is -2.36. The van der Waals surface area contributed by atoms with Crippen LogP contribution in [-0.2, 0) is 6.42 Å². The highest BCUT2D eigenvalue weighted by Gasteiger charge is 2.30. The van der Waals surface area contributed by atoms with Crippen LogP contribution in [0.4, 0.5) is 11.4 Å². The number of fused-ring (bicyclic) bond motifs is 10. The van der Waals surface area contributed by atoms with E-state index >= 15 is 0 Å². The number of hydrogen-bond donors (Lipinski definition) is 0. The van der Waals surface area contributed by atoms with E-state index < -0.39 is 0 Å². The molecule has 55 heavy (non-hydrogen) atoms. The monoisotopic (exact) mass is 699 g/mol. The van der Waals surface area contributed by atoms with Crippen molar-refractivity contribution in [2.75, 3.05) is 4.90 Å². The Morgan fingerprint density at radius 2 is 0.764 bits per heavy atom. The zero-order valence-electron chi connectivity index (χ0n) is 30.4. The smallest absolute Gasteiger partial charge is 0.0540 e. The molecule has 11 rings (SSSR count). The maximum Gasteiger partial charge on any atom is 0.0540 e. The second kappa shape index (κ2) is 12.9. The third kappa shape index (κ3) is 5.47. The summed E-state index contributed by atoms with van der Waals surface area (Å²) in [6.07, 6.45) is 4.49. The van der Waals surface area contributed by atoms with Crippen LogP contribution in [0.25, 0.3) is 82.9 Å². The van der Waals surface area contributed by atoms with Crippen LogP contribution in [0.3, 0.4) is 0 Å². The predicted octanol–water partition coefficient (Wildman–Crippen LogP) is 14.8. The summed E-state index contributed by atoms with van der Waals surface area (Å²) >= 11 is 0. The SMILES string of the molecule is C1=C2c3ccc(-c4ccc(-c5ccc6ccccc6c5)cc4)cc3-c3cc(-c4ccc(-c5ccc6ccccc6c5)cc4)ccc3N2c2ccccc2CC1. The minimum atomic E-state index is 1.01. The van der Waals surface area contributed by atoms with Crippen LogP contribution in [0.5, 0.6) is 0 Å². The first-order valence-corrected chi connectivity index (χ1v) is 19.3. The van der Waals surface area contributed by atoms with Crippen molar-refractivity contribution in [3.63, 3.8) is 0 Å². The highest BCUT2D eigenvalue weighted by Crippen LogP contribution is 2.52. The Bertz CT molecular complexity index is 2970. The van der Waals surface area contributed by atoms with Crippen LogP contribution in [-0.4, -0.2) is 0 Å². The fourth-order valence-electron chi connectivity index (χ4n) is 8.76. The van der Waals surface area contributed by atoms with Gasteiger partial charge in [-0.2, -0.15) is 0 Å². The summed E-state index contributed by atoms with van der Waals surface area (Å²) in [5.74, 6) is 0. The van der Waals surface area contributed by atoms with Crippen molar-refractivity contribution in [3.05, 3.63) is 211 Å². The lowest BCUT2D eigenvalue weighted by atomic mass is 9.86. The molecule has 2 aliphatic heterocycles. The highest BCUT2D eigenvalue weighted by molar-refractivity contribution is 6.05. The summed E-state index contributed by atoms with van der Waals surface area (Å²) < 4.78 is 0. The molecule has 0 unspecified atom stereocenters. The van der Waals surface area contributed by atoms with Gasteiger partial charge in [-0.05, 0) is 126 Å². The van der Waals surface area contributed by atoms with Gasteiger partial charge in [0.2, 0.25) is 0 Å². The van der Waals surface area contributed by atoms with Gasteiger partial charge in [0.25, 0.3) is 0 Å². The molecule has 0 fully saturated rings. The van der Waals surface area contributed by atoms with Crippen LogP contribution in [0.15, 0.2) is 200 Å². The second-order valence-corrected chi connectivity index (χ2v) is 14.9. The number of nitrogens with zero attached hydrogens (tertiary/aromatic N) is 1. The molecule has 0 N–H and O–H groups in total. The molecular formula is C54H37N. The van der Waals surface area contributed by atoms with Crippen LogP contribution < -0.4 is 4.90 Å². The number of rotatable bonds is 4. The quantitative estimate of drug-likeness (QED) is 0.177.